The van der Waals surface area contributed by atoms with Crippen LogP contribution in [0.5, 0.6) is 0 Å². The summed E-state index contributed by atoms with van der Waals surface area (Å²) in [5.74, 6) is -0.336. The third kappa shape index (κ3) is 4.85. The third-order valence-electron chi connectivity index (χ3n) is 5.42. The molecule has 8 heteroatoms. The van der Waals surface area contributed by atoms with Gasteiger partial charge in [-0.05, 0) is 37.5 Å². The van der Waals surface area contributed by atoms with E-state index < -0.39 is 0 Å². The second kappa shape index (κ2) is 10.3. The molecule has 8 nitrogen and oxygen atoms in total. The van der Waals surface area contributed by atoms with Gasteiger partial charge < -0.3 is 14.6 Å². The zero-order valence-electron chi connectivity index (χ0n) is 18.5. The average molecular weight is 426 g/mol. The van der Waals surface area contributed by atoms with Crippen molar-refractivity contribution in [1.29, 1.82) is 5.41 Å². The number of hydrogen-bond acceptors (Lipinski definition) is 5. The largest absolute Gasteiger partial charge is 0.385 e. The van der Waals surface area contributed by atoms with Crippen molar-refractivity contribution in [2.75, 3.05) is 20.3 Å². The number of rotatable bonds is 10. The molecule has 166 valence electrons. The molecule has 0 aliphatic heterocycles. The Kier molecular flexibility index (Phi) is 7.57. The first-order valence-electron chi connectivity index (χ1n) is 10.9. The normalized spacial score (nSPS) is 11.3. The highest BCUT2D eigenvalue weighted by molar-refractivity contribution is 5.96. The molecule has 0 fully saturated rings. The van der Waals surface area contributed by atoms with Crippen molar-refractivity contribution in [2.24, 2.45) is 0 Å². The zero-order chi connectivity index (χ0) is 22.4. The van der Waals surface area contributed by atoms with Crippen molar-refractivity contribution >= 4 is 22.6 Å². The second-order valence-corrected chi connectivity index (χ2v) is 7.76. The van der Waals surface area contributed by atoms with Crippen molar-refractivity contribution in [3.05, 3.63) is 51.4 Å². The lowest BCUT2D eigenvalue weighted by molar-refractivity contribution is 0.0950. The molecule has 0 radical (unpaired) electrons. The van der Waals surface area contributed by atoms with Gasteiger partial charge in [-0.2, -0.15) is 0 Å². The molecule has 1 amide bonds. The molecule has 3 heterocycles. The molecule has 0 unspecified atom stereocenters. The Labute approximate surface area is 181 Å². The molecule has 0 saturated carbocycles. The van der Waals surface area contributed by atoms with Gasteiger partial charge >= 0.3 is 0 Å². The first-order chi connectivity index (χ1) is 15.0. The highest BCUT2D eigenvalue weighted by atomic mass is 16.5. The van der Waals surface area contributed by atoms with E-state index in [0.29, 0.717) is 42.8 Å². The second-order valence-electron chi connectivity index (χ2n) is 7.76. The summed E-state index contributed by atoms with van der Waals surface area (Å²) in [6.45, 7) is 5.52. The Morgan fingerprint density at radius 2 is 2.03 bits per heavy atom. The van der Waals surface area contributed by atoms with Crippen molar-refractivity contribution in [1.82, 2.24) is 19.3 Å². The molecule has 0 atom stereocenters. The number of nitrogens with zero attached hydrogens (tertiary/aromatic N) is 3. The van der Waals surface area contributed by atoms with Gasteiger partial charge in [-0.1, -0.05) is 32.3 Å². The van der Waals surface area contributed by atoms with Crippen LogP contribution in [0.4, 0.5) is 0 Å². The summed E-state index contributed by atoms with van der Waals surface area (Å²) in [7, 11) is 1.62. The van der Waals surface area contributed by atoms with Crippen LogP contribution in [0, 0.1) is 12.3 Å². The number of unbranched alkanes of at least 4 members (excludes halogenated alkanes) is 3. The molecule has 0 aliphatic carbocycles. The molecular formula is C23H31N5O3. The summed E-state index contributed by atoms with van der Waals surface area (Å²) in [5, 5.41) is 11.9. The number of methoxy groups -OCH3 is 1. The van der Waals surface area contributed by atoms with E-state index in [2.05, 4.69) is 12.2 Å². The third-order valence-corrected chi connectivity index (χ3v) is 5.42. The summed E-state index contributed by atoms with van der Waals surface area (Å²) < 4.78 is 8.29. The average Bonchev–Trinajstić information content (AvgIpc) is 2.76. The van der Waals surface area contributed by atoms with Crippen molar-refractivity contribution in [3.63, 3.8) is 0 Å². The number of carbonyl (C=O) groups is 1. The quantitative estimate of drug-likeness (QED) is 0.385. The van der Waals surface area contributed by atoms with Crippen molar-refractivity contribution in [2.45, 2.75) is 52.5 Å². The van der Waals surface area contributed by atoms with E-state index in [9.17, 15) is 9.59 Å². The van der Waals surface area contributed by atoms with Crippen LogP contribution in [0.3, 0.4) is 0 Å². The maximum absolute atomic E-state index is 13.2. The summed E-state index contributed by atoms with van der Waals surface area (Å²) in [6.07, 6.45) is 6.51. The fraction of sp³-hybridized carbons (Fsp3) is 0.478. The van der Waals surface area contributed by atoms with Gasteiger partial charge in [0, 0.05) is 33.0 Å². The summed E-state index contributed by atoms with van der Waals surface area (Å²) in [6, 6.07) is 5.20. The van der Waals surface area contributed by atoms with Gasteiger partial charge in [0.25, 0.3) is 11.5 Å². The number of amides is 1. The molecular weight excluding hydrogens is 394 g/mol. The maximum atomic E-state index is 13.2. The van der Waals surface area contributed by atoms with Crippen LogP contribution in [0.15, 0.2) is 29.2 Å². The number of aryl methyl sites for hydroxylation is 2. The van der Waals surface area contributed by atoms with Gasteiger partial charge in [0.2, 0.25) is 0 Å². The summed E-state index contributed by atoms with van der Waals surface area (Å²) in [4.78, 5) is 30.8. The first kappa shape index (κ1) is 22.7. The van der Waals surface area contributed by atoms with Gasteiger partial charge in [-0.25, -0.2) is 4.98 Å². The minimum absolute atomic E-state index is 0.0551. The SMILES string of the molecule is CCCCCCNC(=O)c1cc2c(=O)n3cccc(C)c3nc2n(CCCOC)c1=N. The van der Waals surface area contributed by atoms with E-state index in [1.165, 1.54) is 10.5 Å². The van der Waals surface area contributed by atoms with E-state index in [0.717, 1.165) is 31.2 Å². The lowest BCUT2D eigenvalue weighted by Gasteiger charge is -2.15. The van der Waals surface area contributed by atoms with E-state index in [1.54, 1.807) is 23.9 Å². The molecule has 0 saturated heterocycles. The molecule has 3 aromatic heterocycles. The Balaban J connectivity index is 2.11. The monoisotopic (exact) mass is 425 g/mol. The van der Waals surface area contributed by atoms with Gasteiger partial charge in [-0.15, -0.1) is 0 Å². The van der Waals surface area contributed by atoms with Crippen LogP contribution in [-0.2, 0) is 11.3 Å². The van der Waals surface area contributed by atoms with E-state index >= 15 is 0 Å². The van der Waals surface area contributed by atoms with Crippen molar-refractivity contribution < 1.29 is 9.53 Å². The van der Waals surface area contributed by atoms with Crippen LogP contribution in [0.1, 0.15) is 54.9 Å². The molecule has 0 aromatic carbocycles. The fourth-order valence-electron chi connectivity index (χ4n) is 3.70. The van der Waals surface area contributed by atoms with Crippen LogP contribution >= 0.6 is 0 Å². The zero-order valence-corrected chi connectivity index (χ0v) is 18.5. The number of pyridine rings is 2. The van der Waals surface area contributed by atoms with E-state index in [1.807, 2.05) is 13.0 Å². The number of nitrogens with one attached hydrogen (secondary N) is 2. The number of aromatic nitrogens is 3. The molecule has 3 aromatic rings. The Morgan fingerprint density at radius 3 is 2.77 bits per heavy atom. The number of hydrogen-bond donors (Lipinski definition) is 2. The minimum atomic E-state index is -0.336. The number of carbonyl (C=O) groups excluding carboxylic acids is 1. The summed E-state index contributed by atoms with van der Waals surface area (Å²) in [5.41, 5.74) is 1.82. The molecule has 31 heavy (non-hydrogen) atoms. The molecule has 0 aliphatic rings. The lowest BCUT2D eigenvalue weighted by Crippen LogP contribution is -2.35. The van der Waals surface area contributed by atoms with Crippen LogP contribution in [-0.4, -0.2) is 40.1 Å². The maximum Gasteiger partial charge on any atom is 0.267 e. The standard InChI is InChI=1S/C23H31N5O3/c1-4-5-6-7-11-25-22(29)17-15-18-21(27(19(17)24)13-9-14-31-3)26-20-16(2)10-8-12-28(20)23(18)30/h8,10,12,15,24H,4-7,9,11,13-14H2,1-3H3,(H,25,29). The molecule has 2 N–H and O–H groups in total. The fourth-order valence-corrected chi connectivity index (χ4v) is 3.70. The van der Waals surface area contributed by atoms with Gasteiger partial charge in [0.1, 0.15) is 16.8 Å². The molecule has 0 bridgehead atoms. The first-order valence-corrected chi connectivity index (χ1v) is 10.9. The Bertz CT molecular complexity index is 1200. The Morgan fingerprint density at radius 1 is 1.23 bits per heavy atom. The van der Waals surface area contributed by atoms with Gasteiger partial charge in [0.15, 0.2) is 0 Å². The van der Waals surface area contributed by atoms with Crippen molar-refractivity contribution in [3.8, 4) is 0 Å². The van der Waals surface area contributed by atoms with Crippen LogP contribution in [0.25, 0.3) is 16.7 Å². The minimum Gasteiger partial charge on any atom is -0.385 e. The predicted molar refractivity (Wildman–Crippen MR) is 121 cm³/mol. The number of fused-ring (bicyclic) bond motifs is 2. The van der Waals surface area contributed by atoms with E-state index in [-0.39, 0.29) is 22.5 Å². The van der Waals surface area contributed by atoms with E-state index in [4.69, 9.17) is 15.1 Å². The van der Waals surface area contributed by atoms with Gasteiger partial charge in [0.05, 0.1) is 10.9 Å². The number of ether oxygens (including phenoxy) is 1. The summed E-state index contributed by atoms with van der Waals surface area (Å²) >= 11 is 0. The van der Waals surface area contributed by atoms with Crippen LogP contribution in [0.2, 0.25) is 0 Å². The highest BCUT2D eigenvalue weighted by Crippen LogP contribution is 2.13. The van der Waals surface area contributed by atoms with Gasteiger partial charge in [-0.3, -0.25) is 19.4 Å². The predicted octanol–water partition coefficient (Wildman–Crippen LogP) is 2.78. The smallest absolute Gasteiger partial charge is 0.267 e. The Hall–Kier alpha value is -3.00. The topological polar surface area (TPSA) is 101 Å². The highest BCUT2D eigenvalue weighted by Gasteiger charge is 2.17. The molecule has 3 rings (SSSR count). The van der Waals surface area contributed by atoms with Crippen LogP contribution < -0.4 is 16.4 Å². The molecule has 0 spiro atoms. The lowest BCUT2D eigenvalue weighted by atomic mass is 10.1.